The number of hydrogen-bond donors (Lipinski definition) is 0. The van der Waals surface area contributed by atoms with Crippen LogP contribution in [0.2, 0.25) is 0 Å². The van der Waals surface area contributed by atoms with Crippen molar-refractivity contribution in [1.82, 2.24) is 0 Å². The van der Waals surface area contributed by atoms with Crippen LogP contribution >= 0.6 is 0 Å². The summed E-state index contributed by atoms with van der Waals surface area (Å²) in [5.41, 5.74) is 1.04. The van der Waals surface area contributed by atoms with Gasteiger partial charge in [0.1, 0.15) is 5.69 Å². The number of benzene rings is 1. The normalized spacial score (nSPS) is 19.8. The maximum atomic E-state index is 11.9. The van der Waals surface area contributed by atoms with Gasteiger partial charge in [-0.2, -0.15) is 5.26 Å². The lowest BCUT2D eigenvalue weighted by atomic mass is 9.80. The first-order valence-electron chi connectivity index (χ1n) is 10.0. The predicted molar refractivity (Wildman–Crippen MR) is 105 cm³/mol. The number of nitro groups is 1. The van der Waals surface area contributed by atoms with Gasteiger partial charge in [0, 0.05) is 31.9 Å². The van der Waals surface area contributed by atoms with Crippen molar-refractivity contribution in [2.75, 3.05) is 24.7 Å². The Hall–Kier alpha value is -2.13. The van der Waals surface area contributed by atoms with Crippen molar-refractivity contribution in [3.63, 3.8) is 0 Å². The van der Waals surface area contributed by atoms with Gasteiger partial charge in [0.15, 0.2) is 0 Å². The topological polar surface area (TPSA) is 79.4 Å². The molecule has 146 valence electrons. The summed E-state index contributed by atoms with van der Waals surface area (Å²) in [5, 5.41) is 21.7. The van der Waals surface area contributed by atoms with E-state index >= 15 is 0 Å². The SMILES string of the molecule is CC(C)CN(c1ccc(C2(C#N)CCCC2)cc1[N+](=O)[O-])C1CCOCC1. The Balaban J connectivity index is 2.02. The van der Waals surface area contributed by atoms with Crippen molar-refractivity contribution in [1.29, 1.82) is 5.26 Å². The number of ether oxygens (including phenoxy) is 1. The van der Waals surface area contributed by atoms with E-state index in [0.29, 0.717) is 24.8 Å². The summed E-state index contributed by atoms with van der Waals surface area (Å²) in [6.45, 7) is 6.44. The first-order valence-corrected chi connectivity index (χ1v) is 10.0. The van der Waals surface area contributed by atoms with Gasteiger partial charge in [-0.05, 0) is 43.2 Å². The van der Waals surface area contributed by atoms with Crippen LogP contribution in [0.3, 0.4) is 0 Å². The van der Waals surface area contributed by atoms with E-state index < -0.39 is 5.41 Å². The van der Waals surface area contributed by atoms with Crippen LogP contribution in [0.4, 0.5) is 11.4 Å². The second-order valence-corrected chi connectivity index (χ2v) is 8.25. The van der Waals surface area contributed by atoms with Crippen LogP contribution in [0.5, 0.6) is 0 Å². The molecule has 1 heterocycles. The fraction of sp³-hybridized carbons (Fsp3) is 0.667. The Morgan fingerprint density at radius 1 is 1.33 bits per heavy atom. The van der Waals surface area contributed by atoms with Gasteiger partial charge in [0.25, 0.3) is 5.69 Å². The zero-order valence-corrected chi connectivity index (χ0v) is 16.3. The van der Waals surface area contributed by atoms with E-state index in [9.17, 15) is 15.4 Å². The average Bonchev–Trinajstić information content (AvgIpc) is 3.16. The number of nitriles is 1. The molecule has 0 spiro atoms. The van der Waals surface area contributed by atoms with Crippen LogP contribution in [0, 0.1) is 27.4 Å². The molecule has 2 aliphatic rings. The van der Waals surface area contributed by atoms with Gasteiger partial charge in [-0.1, -0.05) is 32.8 Å². The summed E-state index contributed by atoms with van der Waals surface area (Å²) < 4.78 is 5.49. The number of anilines is 1. The quantitative estimate of drug-likeness (QED) is 0.540. The Labute approximate surface area is 161 Å². The molecule has 1 saturated carbocycles. The van der Waals surface area contributed by atoms with Crippen molar-refractivity contribution in [3.8, 4) is 6.07 Å². The molecule has 1 aromatic carbocycles. The zero-order valence-electron chi connectivity index (χ0n) is 16.3. The van der Waals surface area contributed by atoms with Crippen molar-refractivity contribution >= 4 is 11.4 Å². The highest BCUT2D eigenvalue weighted by molar-refractivity contribution is 5.66. The maximum absolute atomic E-state index is 11.9. The fourth-order valence-corrected chi connectivity index (χ4v) is 4.49. The zero-order chi connectivity index (χ0) is 19.4. The Bertz CT molecular complexity index is 714. The monoisotopic (exact) mass is 371 g/mol. The van der Waals surface area contributed by atoms with E-state index in [4.69, 9.17) is 4.74 Å². The van der Waals surface area contributed by atoms with E-state index in [1.165, 1.54) is 0 Å². The van der Waals surface area contributed by atoms with Crippen LogP contribution in [0.15, 0.2) is 18.2 Å². The first-order chi connectivity index (χ1) is 13.0. The molecule has 1 saturated heterocycles. The molecule has 0 amide bonds. The standard InChI is InChI=1S/C21H29N3O3/c1-16(2)14-23(18-7-11-27-12-8-18)19-6-5-17(13-20(19)24(25)26)21(15-22)9-3-4-10-21/h5-6,13,16,18H,3-4,7-12,14H2,1-2H3. The van der Waals surface area contributed by atoms with Crippen molar-refractivity contribution in [2.24, 2.45) is 5.92 Å². The number of nitro benzene ring substituents is 1. The molecule has 1 aliphatic carbocycles. The maximum Gasteiger partial charge on any atom is 0.292 e. The van der Waals surface area contributed by atoms with Crippen molar-refractivity contribution < 1.29 is 9.66 Å². The smallest absolute Gasteiger partial charge is 0.292 e. The highest BCUT2D eigenvalue weighted by atomic mass is 16.6. The molecule has 0 N–H and O–H groups in total. The number of rotatable bonds is 6. The van der Waals surface area contributed by atoms with E-state index in [-0.39, 0.29) is 16.7 Å². The molecule has 0 radical (unpaired) electrons. The molecular weight excluding hydrogens is 342 g/mol. The summed E-state index contributed by atoms with van der Waals surface area (Å²) >= 11 is 0. The van der Waals surface area contributed by atoms with Crippen LogP contribution in [0.1, 0.15) is 57.9 Å². The van der Waals surface area contributed by atoms with Crippen LogP contribution in [-0.4, -0.2) is 30.7 Å². The molecule has 6 heteroatoms. The summed E-state index contributed by atoms with van der Waals surface area (Å²) in [5.74, 6) is 0.396. The molecular formula is C21H29N3O3. The molecule has 0 aromatic heterocycles. The van der Waals surface area contributed by atoms with Crippen LogP contribution < -0.4 is 4.90 Å². The number of nitrogens with zero attached hydrogens (tertiary/aromatic N) is 3. The van der Waals surface area contributed by atoms with Crippen molar-refractivity contribution in [3.05, 3.63) is 33.9 Å². The summed E-state index contributed by atoms with van der Waals surface area (Å²) in [6, 6.07) is 8.19. The Morgan fingerprint density at radius 3 is 2.56 bits per heavy atom. The van der Waals surface area contributed by atoms with Gasteiger partial charge in [-0.3, -0.25) is 10.1 Å². The van der Waals surface area contributed by atoms with E-state index in [2.05, 4.69) is 24.8 Å². The molecule has 1 aliphatic heterocycles. The van der Waals surface area contributed by atoms with Gasteiger partial charge >= 0.3 is 0 Å². The molecule has 1 aromatic rings. The highest BCUT2D eigenvalue weighted by Crippen LogP contribution is 2.43. The lowest BCUT2D eigenvalue weighted by Gasteiger charge is -2.37. The molecule has 0 atom stereocenters. The van der Waals surface area contributed by atoms with Gasteiger partial charge in [0.2, 0.25) is 0 Å². The summed E-state index contributed by atoms with van der Waals surface area (Å²) in [6.07, 6.45) is 5.35. The molecule has 0 bridgehead atoms. The van der Waals surface area contributed by atoms with E-state index in [0.717, 1.165) is 50.6 Å². The van der Waals surface area contributed by atoms with Crippen molar-refractivity contribution in [2.45, 2.75) is 63.8 Å². The molecule has 0 unspecified atom stereocenters. The third-order valence-corrected chi connectivity index (χ3v) is 5.90. The summed E-state index contributed by atoms with van der Waals surface area (Å²) in [4.78, 5) is 13.8. The molecule has 2 fully saturated rings. The third-order valence-electron chi connectivity index (χ3n) is 5.90. The molecule has 27 heavy (non-hydrogen) atoms. The fourth-order valence-electron chi connectivity index (χ4n) is 4.49. The predicted octanol–water partition coefficient (Wildman–Crippen LogP) is 4.57. The Kier molecular flexibility index (Phi) is 6.01. The van der Waals surface area contributed by atoms with Gasteiger partial charge in [-0.15, -0.1) is 0 Å². The highest BCUT2D eigenvalue weighted by Gasteiger charge is 2.38. The van der Waals surface area contributed by atoms with Crippen LogP contribution in [0.25, 0.3) is 0 Å². The summed E-state index contributed by atoms with van der Waals surface area (Å²) in [7, 11) is 0. The second kappa shape index (κ2) is 8.26. The molecule has 6 nitrogen and oxygen atoms in total. The minimum Gasteiger partial charge on any atom is -0.381 e. The van der Waals surface area contributed by atoms with Crippen LogP contribution in [-0.2, 0) is 10.2 Å². The minimum absolute atomic E-state index is 0.126. The first kappa shape index (κ1) is 19.6. The Morgan fingerprint density at radius 2 is 2.00 bits per heavy atom. The third kappa shape index (κ3) is 4.08. The lowest BCUT2D eigenvalue weighted by Crippen LogP contribution is -2.42. The van der Waals surface area contributed by atoms with Gasteiger partial charge in [-0.25, -0.2) is 0 Å². The lowest BCUT2D eigenvalue weighted by molar-refractivity contribution is -0.384. The largest absolute Gasteiger partial charge is 0.381 e. The average molecular weight is 371 g/mol. The molecule has 3 rings (SSSR count). The van der Waals surface area contributed by atoms with E-state index in [1.54, 1.807) is 6.07 Å². The number of hydrogen-bond acceptors (Lipinski definition) is 5. The van der Waals surface area contributed by atoms with E-state index in [1.807, 2.05) is 12.1 Å². The van der Waals surface area contributed by atoms with Gasteiger partial charge in [0.05, 0.1) is 16.4 Å². The second-order valence-electron chi connectivity index (χ2n) is 8.25. The minimum atomic E-state index is -0.565. The van der Waals surface area contributed by atoms with Gasteiger partial charge < -0.3 is 9.64 Å².